The van der Waals surface area contributed by atoms with Gasteiger partial charge < -0.3 is 10.6 Å². The number of benzene rings is 2. The maximum absolute atomic E-state index is 11.5. The first-order valence-corrected chi connectivity index (χ1v) is 9.98. The zero-order valence-corrected chi connectivity index (χ0v) is 15.9. The molecule has 0 bridgehead atoms. The topological polar surface area (TPSA) is 58.2 Å². The predicted molar refractivity (Wildman–Crippen MR) is 101 cm³/mol. The van der Waals surface area contributed by atoms with Gasteiger partial charge in [-0.2, -0.15) is 0 Å². The molecule has 2 rings (SSSR count). The van der Waals surface area contributed by atoms with Gasteiger partial charge in [0.2, 0.25) is 0 Å². The summed E-state index contributed by atoms with van der Waals surface area (Å²) in [5.41, 5.74) is 1.84. The highest BCUT2D eigenvalue weighted by Gasteiger charge is 2.10. The van der Waals surface area contributed by atoms with E-state index in [4.69, 9.17) is 12.2 Å². The van der Waals surface area contributed by atoms with Crippen molar-refractivity contribution in [3.63, 3.8) is 0 Å². The first-order valence-electron chi connectivity index (χ1n) is 6.89. The average Bonchev–Trinajstić information content (AvgIpc) is 2.46. The molecule has 7 heteroatoms. The molecule has 0 radical (unpaired) electrons. The van der Waals surface area contributed by atoms with E-state index in [9.17, 15) is 8.42 Å². The Kier molecular flexibility index (Phi) is 5.78. The van der Waals surface area contributed by atoms with Gasteiger partial charge in [-0.1, -0.05) is 34.1 Å². The number of thiocarbonyl (C=S) groups is 1. The molecule has 0 fully saturated rings. The van der Waals surface area contributed by atoms with Crippen molar-refractivity contribution in [2.75, 3.05) is 11.6 Å². The molecule has 0 aliphatic rings. The summed E-state index contributed by atoms with van der Waals surface area (Å²) in [4.78, 5) is 0.309. The molecule has 4 nitrogen and oxygen atoms in total. The van der Waals surface area contributed by atoms with E-state index in [1.807, 2.05) is 31.2 Å². The molecule has 0 saturated heterocycles. The second-order valence-electron chi connectivity index (χ2n) is 5.17. The van der Waals surface area contributed by atoms with Crippen LogP contribution in [0.25, 0.3) is 0 Å². The van der Waals surface area contributed by atoms with Crippen molar-refractivity contribution in [2.24, 2.45) is 0 Å². The number of hydrogen-bond donors (Lipinski definition) is 2. The van der Waals surface area contributed by atoms with Gasteiger partial charge in [0, 0.05) is 16.4 Å². The summed E-state index contributed by atoms with van der Waals surface area (Å²) in [7, 11) is -3.18. The van der Waals surface area contributed by atoms with E-state index in [2.05, 4.69) is 26.6 Å². The minimum absolute atomic E-state index is 0.0456. The summed E-state index contributed by atoms with van der Waals surface area (Å²) < 4.78 is 23.9. The minimum atomic E-state index is -3.18. The Balaban J connectivity index is 2.01. The lowest BCUT2D eigenvalue weighted by Gasteiger charge is -2.17. The van der Waals surface area contributed by atoms with E-state index < -0.39 is 9.84 Å². The van der Waals surface area contributed by atoms with Gasteiger partial charge in [-0.25, -0.2) is 8.42 Å². The standard InChI is InChI=1S/C16H17BrN2O2S2/c1-11(12-6-8-15(9-7-12)23(2,20)21)18-16(22)19-14-5-3-4-13(17)10-14/h3-11H,1-2H3,(H2,18,19,22)/t11-/m0/s1. The zero-order chi connectivity index (χ0) is 17.0. The molecule has 1 atom stereocenters. The molecule has 2 N–H and O–H groups in total. The molecular weight excluding hydrogens is 396 g/mol. The van der Waals surface area contributed by atoms with Crippen LogP contribution in [0.2, 0.25) is 0 Å². The van der Waals surface area contributed by atoms with E-state index >= 15 is 0 Å². The van der Waals surface area contributed by atoms with Gasteiger partial charge in [0.05, 0.1) is 10.9 Å². The van der Waals surface area contributed by atoms with Crippen LogP contribution in [0.3, 0.4) is 0 Å². The summed E-state index contributed by atoms with van der Waals surface area (Å²) >= 11 is 8.72. The van der Waals surface area contributed by atoms with Gasteiger partial charge in [0.25, 0.3) is 0 Å². The molecule has 2 aromatic rings. The van der Waals surface area contributed by atoms with E-state index in [1.54, 1.807) is 24.3 Å². The van der Waals surface area contributed by atoms with Crippen LogP contribution < -0.4 is 10.6 Å². The van der Waals surface area contributed by atoms with Gasteiger partial charge in [-0.15, -0.1) is 0 Å². The number of sulfone groups is 1. The third-order valence-corrected chi connectivity index (χ3v) is 5.08. The Morgan fingerprint density at radius 1 is 1.17 bits per heavy atom. The lowest BCUT2D eigenvalue weighted by Crippen LogP contribution is -2.30. The van der Waals surface area contributed by atoms with Crippen LogP contribution in [0.5, 0.6) is 0 Å². The van der Waals surface area contributed by atoms with Crippen LogP contribution in [0.4, 0.5) is 5.69 Å². The van der Waals surface area contributed by atoms with Crippen molar-refractivity contribution >= 4 is 48.8 Å². The number of nitrogens with one attached hydrogen (secondary N) is 2. The highest BCUT2D eigenvalue weighted by atomic mass is 79.9. The Hall–Kier alpha value is -1.44. The van der Waals surface area contributed by atoms with Gasteiger partial charge >= 0.3 is 0 Å². The van der Waals surface area contributed by atoms with E-state index in [0.29, 0.717) is 10.0 Å². The van der Waals surface area contributed by atoms with Crippen LogP contribution in [0.15, 0.2) is 57.9 Å². The molecule has 0 aromatic heterocycles. The summed E-state index contributed by atoms with van der Waals surface area (Å²) in [5.74, 6) is 0. The van der Waals surface area contributed by atoms with Crippen LogP contribution in [-0.2, 0) is 9.84 Å². The van der Waals surface area contributed by atoms with Crippen molar-refractivity contribution in [2.45, 2.75) is 17.9 Å². The third kappa shape index (κ3) is 5.30. The number of halogens is 1. The quantitative estimate of drug-likeness (QED) is 0.745. The van der Waals surface area contributed by atoms with Crippen LogP contribution in [0, 0.1) is 0 Å². The second-order valence-corrected chi connectivity index (χ2v) is 8.51. The molecule has 2 aromatic carbocycles. The van der Waals surface area contributed by atoms with Crippen molar-refractivity contribution in [3.05, 3.63) is 58.6 Å². The van der Waals surface area contributed by atoms with Crippen LogP contribution in [0.1, 0.15) is 18.5 Å². The largest absolute Gasteiger partial charge is 0.356 e. The smallest absolute Gasteiger partial charge is 0.175 e. The first-order chi connectivity index (χ1) is 10.8. The SMILES string of the molecule is C[C@H](NC(=S)Nc1cccc(Br)c1)c1ccc(S(C)(=O)=O)cc1. The molecule has 0 aliphatic heterocycles. The fourth-order valence-corrected chi connectivity index (χ4v) is 3.34. The number of anilines is 1. The van der Waals surface area contributed by atoms with E-state index in [0.717, 1.165) is 15.7 Å². The monoisotopic (exact) mass is 412 g/mol. The zero-order valence-electron chi connectivity index (χ0n) is 12.7. The second kappa shape index (κ2) is 7.42. The van der Waals surface area contributed by atoms with Crippen molar-refractivity contribution in [1.82, 2.24) is 5.32 Å². The Labute approximate surface area is 150 Å². The third-order valence-electron chi connectivity index (χ3n) is 3.24. The molecule has 0 heterocycles. The lowest BCUT2D eigenvalue weighted by molar-refractivity contribution is 0.601. The highest BCUT2D eigenvalue weighted by Crippen LogP contribution is 2.18. The van der Waals surface area contributed by atoms with Crippen LogP contribution in [-0.4, -0.2) is 19.8 Å². The molecule has 122 valence electrons. The first kappa shape index (κ1) is 17.9. The van der Waals surface area contributed by atoms with E-state index in [1.165, 1.54) is 6.26 Å². The van der Waals surface area contributed by atoms with Gasteiger partial charge in [0.1, 0.15) is 0 Å². The summed E-state index contributed by atoms with van der Waals surface area (Å²) in [5, 5.41) is 6.79. The van der Waals surface area contributed by atoms with E-state index in [-0.39, 0.29) is 6.04 Å². The minimum Gasteiger partial charge on any atom is -0.356 e. The van der Waals surface area contributed by atoms with Crippen molar-refractivity contribution in [1.29, 1.82) is 0 Å². The Bertz CT molecular complexity index is 805. The molecular formula is C16H17BrN2O2S2. The molecule has 0 spiro atoms. The lowest BCUT2D eigenvalue weighted by atomic mass is 10.1. The number of rotatable bonds is 4. The average molecular weight is 413 g/mol. The van der Waals surface area contributed by atoms with Crippen molar-refractivity contribution in [3.8, 4) is 0 Å². The maximum Gasteiger partial charge on any atom is 0.175 e. The summed E-state index contributed by atoms with van der Waals surface area (Å²) in [6.45, 7) is 1.96. The fourth-order valence-electron chi connectivity index (χ4n) is 2.02. The summed E-state index contributed by atoms with van der Waals surface area (Å²) in [6, 6.07) is 14.4. The normalized spacial score (nSPS) is 12.5. The van der Waals surface area contributed by atoms with Crippen molar-refractivity contribution < 1.29 is 8.42 Å². The fraction of sp³-hybridized carbons (Fsp3) is 0.188. The van der Waals surface area contributed by atoms with Crippen LogP contribution >= 0.6 is 28.1 Å². The number of hydrogen-bond acceptors (Lipinski definition) is 3. The maximum atomic E-state index is 11.5. The predicted octanol–water partition coefficient (Wildman–Crippen LogP) is 3.90. The molecule has 0 unspecified atom stereocenters. The Morgan fingerprint density at radius 3 is 2.39 bits per heavy atom. The Morgan fingerprint density at radius 2 is 1.83 bits per heavy atom. The summed E-state index contributed by atoms with van der Waals surface area (Å²) in [6.07, 6.45) is 1.20. The molecule has 0 saturated carbocycles. The van der Waals surface area contributed by atoms with Gasteiger partial charge in [-0.05, 0) is 55.0 Å². The molecule has 0 amide bonds. The van der Waals surface area contributed by atoms with Gasteiger partial charge in [-0.3, -0.25) is 0 Å². The van der Waals surface area contributed by atoms with Gasteiger partial charge in [0.15, 0.2) is 14.9 Å². The molecule has 23 heavy (non-hydrogen) atoms. The highest BCUT2D eigenvalue weighted by molar-refractivity contribution is 9.10. The molecule has 0 aliphatic carbocycles.